The second-order valence-corrected chi connectivity index (χ2v) is 5.82. The van der Waals surface area contributed by atoms with E-state index in [0.717, 1.165) is 12.8 Å². The van der Waals surface area contributed by atoms with Crippen LogP contribution < -0.4 is 10.1 Å². The number of methoxy groups -OCH3 is 1. The van der Waals surface area contributed by atoms with E-state index >= 15 is 0 Å². The van der Waals surface area contributed by atoms with Gasteiger partial charge < -0.3 is 4.74 Å². The average molecular weight is 324 g/mol. The third kappa shape index (κ3) is 2.27. The molecule has 0 saturated carbocycles. The smallest absolute Gasteiger partial charge is 0.261 e. The molecule has 8 heteroatoms. The zero-order chi connectivity index (χ0) is 16.7. The van der Waals surface area contributed by atoms with Crippen molar-refractivity contribution in [3.63, 3.8) is 0 Å². The van der Waals surface area contributed by atoms with Gasteiger partial charge in [0.2, 0.25) is 5.95 Å². The number of nitrogens with one attached hydrogen (secondary N) is 1. The van der Waals surface area contributed by atoms with Crippen molar-refractivity contribution in [3.8, 4) is 5.75 Å². The molecule has 0 aromatic carbocycles. The molecule has 0 bridgehead atoms. The number of carbonyl (C=O) groups is 1. The van der Waals surface area contributed by atoms with Crippen molar-refractivity contribution in [2.45, 2.75) is 25.7 Å². The van der Waals surface area contributed by atoms with Crippen LogP contribution in [-0.4, -0.2) is 37.6 Å². The quantitative estimate of drug-likeness (QED) is 0.790. The van der Waals surface area contributed by atoms with E-state index in [2.05, 4.69) is 32.4 Å². The fraction of sp³-hybridized carbons (Fsp3) is 0.312. The molecule has 8 nitrogen and oxygen atoms in total. The minimum atomic E-state index is -0.305. The number of aryl methyl sites for hydroxylation is 1. The third-order valence-electron chi connectivity index (χ3n) is 4.39. The fourth-order valence-electron chi connectivity index (χ4n) is 3.08. The topological polar surface area (TPSA) is 94.3 Å². The molecule has 1 N–H and O–H groups in total. The van der Waals surface area contributed by atoms with Crippen molar-refractivity contribution in [1.82, 2.24) is 24.6 Å². The van der Waals surface area contributed by atoms with Crippen LogP contribution in [0.25, 0.3) is 5.65 Å². The van der Waals surface area contributed by atoms with Gasteiger partial charge in [-0.2, -0.15) is 0 Å². The molecule has 0 spiro atoms. The van der Waals surface area contributed by atoms with Crippen LogP contribution in [0.5, 0.6) is 5.75 Å². The van der Waals surface area contributed by atoms with E-state index < -0.39 is 0 Å². The Morgan fingerprint density at radius 3 is 2.92 bits per heavy atom. The minimum absolute atomic E-state index is 0.215. The van der Waals surface area contributed by atoms with Crippen LogP contribution in [-0.2, 0) is 6.42 Å². The summed E-state index contributed by atoms with van der Waals surface area (Å²) < 4.78 is 6.91. The molecule has 0 fully saturated rings. The zero-order valence-electron chi connectivity index (χ0n) is 13.4. The predicted octanol–water partition coefficient (Wildman–Crippen LogP) is 1.83. The average Bonchev–Trinajstić information content (AvgIpc) is 3.21. The van der Waals surface area contributed by atoms with Gasteiger partial charge in [0.25, 0.3) is 5.91 Å². The maximum atomic E-state index is 12.7. The Labute approximate surface area is 137 Å². The molecule has 0 aliphatic heterocycles. The van der Waals surface area contributed by atoms with Crippen molar-refractivity contribution in [3.05, 3.63) is 41.6 Å². The van der Waals surface area contributed by atoms with Gasteiger partial charge in [-0.3, -0.25) is 14.5 Å². The molecule has 1 amide bonds. The largest absolute Gasteiger partial charge is 0.494 e. The van der Waals surface area contributed by atoms with Crippen LogP contribution in [0.4, 0.5) is 5.95 Å². The summed E-state index contributed by atoms with van der Waals surface area (Å²) in [7, 11) is 1.53. The number of fused-ring (bicyclic) bond motifs is 3. The number of hydrogen-bond acceptors (Lipinski definition) is 6. The van der Waals surface area contributed by atoms with Gasteiger partial charge in [-0.1, -0.05) is 6.92 Å². The molecule has 3 aromatic heterocycles. The Hall–Kier alpha value is -3.03. The second-order valence-electron chi connectivity index (χ2n) is 5.82. The molecular weight excluding hydrogens is 308 g/mol. The van der Waals surface area contributed by atoms with Gasteiger partial charge >= 0.3 is 0 Å². The van der Waals surface area contributed by atoms with E-state index in [4.69, 9.17) is 4.74 Å². The van der Waals surface area contributed by atoms with E-state index in [1.807, 2.05) is 10.5 Å². The van der Waals surface area contributed by atoms with Gasteiger partial charge in [0, 0.05) is 5.69 Å². The Morgan fingerprint density at radius 2 is 2.17 bits per heavy atom. The first-order chi connectivity index (χ1) is 11.7. The summed E-state index contributed by atoms with van der Waals surface area (Å²) in [6.45, 7) is 2.16. The Balaban J connectivity index is 1.71. The second kappa shape index (κ2) is 5.55. The Morgan fingerprint density at radius 1 is 1.38 bits per heavy atom. The standard InChI is InChI=1S/C16H16N6O2/c1-9-3-4-13-11(9)5-12(14-21-19-8-22(13)14)15(23)20-16-17-6-10(24-2)7-18-16/h5-9H,3-4H2,1-2H3,(H,17,18,20,23). The van der Waals surface area contributed by atoms with Crippen LogP contribution in [0.1, 0.15) is 40.9 Å². The predicted molar refractivity (Wildman–Crippen MR) is 86.3 cm³/mol. The maximum Gasteiger partial charge on any atom is 0.261 e. The van der Waals surface area contributed by atoms with Gasteiger partial charge in [0.05, 0.1) is 25.1 Å². The summed E-state index contributed by atoms with van der Waals surface area (Å²) in [6, 6.07) is 1.91. The molecule has 1 aliphatic rings. The highest BCUT2D eigenvalue weighted by atomic mass is 16.5. The van der Waals surface area contributed by atoms with Crippen molar-refractivity contribution in [1.29, 1.82) is 0 Å². The molecular formula is C16H16N6O2. The lowest BCUT2D eigenvalue weighted by Gasteiger charge is -2.10. The summed E-state index contributed by atoms with van der Waals surface area (Å²) in [4.78, 5) is 20.8. The first kappa shape index (κ1) is 14.6. The summed E-state index contributed by atoms with van der Waals surface area (Å²) in [6.07, 6.45) is 6.69. The Bertz CT molecular complexity index is 918. The number of anilines is 1. The monoisotopic (exact) mass is 324 g/mol. The van der Waals surface area contributed by atoms with Gasteiger partial charge in [0.15, 0.2) is 11.4 Å². The highest BCUT2D eigenvalue weighted by Gasteiger charge is 2.25. The molecule has 1 aliphatic carbocycles. The highest BCUT2D eigenvalue weighted by Crippen LogP contribution is 2.34. The fourth-order valence-corrected chi connectivity index (χ4v) is 3.08. The van der Waals surface area contributed by atoms with E-state index in [0.29, 0.717) is 22.9 Å². The first-order valence-corrected chi connectivity index (χ1v) is 7.70. The number of pyridine rings is 1. The number of ether oxygens (including phenoxy) is 1. The van der Waals surface area contributed by atoms with E-state index in [1.165, 1.54) is 30.8 Å². The van der Waals surface area contributed by atoms with E-state index in [-0.39, 0.29) is 11.9 Å². The molecule has 1 atom stereocenters. The number of hydrogen-bond donors (Lipinski definition) is 1. The van der Waals surface area contributed by atoms with Crippen LogP contribution in [0.3, 0.4) is 0 Å². The number of aromatic nitrogens is 5. The summed E-state index contributed by atoms with van der Waals surface area (Å²) in [5, 5.41) is 10.8. The summed E-state index contributed by atoms with van der Waals surface area (Å²) >= 11 is 0. The summed E-state index contributed by atoms with van der Waals surface area (Å²) in [5.41, 5.74) is 3.37. The number of rotatable bonds is 3. The zero-order valence-corrected chi connectivity index (χ0v) is 13.4. The normalized spacial score (nSPS) is 16.2. The number of carbonyl (C=O) groups excluding carboxylic acids is 1. The van der Waals surface area contributed by atoms with E-state index in [9.17, 15) is 4.79 Å². The van der Waals surface area contributed by atoms with Crippen molar-refractivity contribution < 1.29 is 9.53 Å². The van der Waals surface area contributed by atoms with Gasteiger partial charge in [-0.25, -0.2) is 9.97 Å². The van der Waals surface area contributed by atoms with Gasteiger partial charge in [-0.15, -0.1) is 10.2 Å². The first-order valence-electron chi connectivity index (χ1n) is 7.70. The SMILES string of the molecule is COc1cnc(NC(=O)c2cc3c(n4cnnc24)CCC3C)nc1. The molecule has 4 rings (SSSR count). The van der Waals surface area contributed by atoms with Crippen molar-refractivity contribution in [2.75, 3.05) is 12.4 Å². The Kier molecular flexibility index (Phi) is 3.37. The van der Waals surface area contributed by atoms with Crippen molar-refractivity contribution in [2.24, 2.45) is 0 Å². The molecule has 3 heterocycles. The van der Waals surface area contributed by atoms with Crippen LogP contribution >= 0.6 is 0 Å². The molecule has 122 valence electrons. The minimum Gasteiger partial charge on any atom is -0.494 e. The molecule has 24 heavy (non-hydrogen) atoms. The van der Waals surface area contributed by atoms with E-state index in [1.54, 1.807) is 6.33 Å². The molecule has 0 saturated heterocycles. The van der Waals surface area contributed by atoms with Crippen LogP contribution in [0.15, 0.2) is 24.8 Å². The highest BCUT2D eigenvalue weighted by molar-refractivity contribution is 6.07. The van der Waals surface area contributed by atoms with Gasteiger partial charge in [0.1, 0.15) is 6.33 Å². The third-order valence-corrected chi connectivity index (χ3v) is 4.39. The van der Waals surface area contributed by atoms with Crippen molar-refractivity contribution >= 4 is 17.5 Å². The lowest BCUT2D eigenvalue weighted by Crippen LogP contribution is -2.16. The number of amides is 1. The molecule has 0 radical (unpaired) electrons. The lowest BCUT2D eigenvalue weighted by molar-refractivity contribution is 0.102. The maximum absolute atomic E-state index is 12.7. The number of nitrogens with zero attached hydrogens (tertiary/aromatic N) is 5. The lowest BCUT2D eigenvalue weighted by atomic mass is 10.0. The van der Waals surface area contributed by atoms with Gasteiger partial charge in [-0.05, 0) is 30.4 Å². The van der Waals surface area contributed by atoms with Crippen LogP contribution in [0, 0.1) is 0 Å². The molecule has 3 aromatic rings. The summed E-state index contributed by atoms with van der Waals surface area (Å²) in [5.74, 6) is 0.849. The molecule has 1 unspecified atom stereocenters. The van der Waals surface area contributed by atoms with Crippen LogP contribution in [0.2, 0.25) is 0 Å².